The van der Waals surface area contributed by atoms with Crippen LogP contribution in [0.5, 0.6) is 0 Å². The number of fused-ring (bicyclic) bond motifs is 15. The van der Waals surface area contributed by atoms with Crippen LogP contribution in [0.4, 0.5) is 11.4 Å². The second-order valence-corrected chi connectivity index (χ2v) is 25.4. The zero-order valence-corrected chi connectivity index (χ0v) is 42.2. The molecule has 0 unspecified atom stereocenters. The molecule has 2 nitrogen and oxygen atoms in total. The molecule has 68 heavy (non-hydrogen) atoms. The van der Waals surface area contributed by atoms with Crippen LogP contribution >= 0.6 is 22.7 Å². The van der Waals surface area contributed by atoms with Crippen molar-refractivity contribution in [1.82, 2.24) is 4.57 Å². The predicted molar refractivity (Wildman–Crippen MR) is 300 cm³/mol. The summed E-state index contributed by atoms with van der Waals surface area (Å²) >= 11 is 3.83. The van der Waals surface area contributed by atoms with Crippen LogP contribution in [0.2, 0.25) is 0 Å². The van der Waals surface area contributed by atoms with Crippen LogP contribution in [0.25, 0.3) is 90.1 Å². The summed E-state index contributed by atoms with van der Waals surface area (Å²) in [5.41, 5.74) is 21.7. The Labute approximate surface area is 407 Å². The maximum atomic E-state index is 4.08. The third-order valence-electron chi connectivity index (χ3n) is 16.8. The lowest BCUT2D eigenvalue weighted by atomic mass is 9.59. The Bertz CT molecular complexity index is 4030. The summed E-state index contributed by atoms with van der Waals surface area (Å²) in [6.45, 7) is 21.7. The first-order valence-corrected chi connectivity index (χ1v) is 26.3. The summed E-state index contributed by atoms with van der Waals surface area (Å²) in [5.74, 6) is 0. The predicted octanol–water partition coefficient (Wildman–Crippen LogP) is 16.6. The summed E-state index contributed by atoms with van der Waals surface area (Å²) in [4.78, 5) is 0. The minimum absolute atomic E-state index is 0.0747. The number of benzene rings is 8. The van der Waals surface area contributed by atoms with Crippen molar-refractivity contribution in [3.05, 3.63) is 161 Å². The zero-order valence-electron chi connectivity index (χ0n) is 40.6. The molecule has 0 saturated heterocycles. The monoisotopic (exact) mass is 914 g/mol. The number of nitrogens with zero attached hydrogens (tertiary/aromatic N) is 1. The Kier molecular flexibility index (Phi) is 8.15. The lowest BCUT2D eigenvalue weighted by Crippen LogP contribution is -2.37. The third-order valence-corrected chi connectivity index (χ3v) is 19.1. The lowest BCUT2D eigenvalue weighted by molar-refractivity contribution is 0.331. The standard InChI is InChI=1S/C63H55BN2S2/c1-60(2,3)34-18-20-35(21-19-34)65-51-32-47-40(41-27-48-49(31-46(41)63(47,8)9)62(6,7)25-24-61(48,4)5)26-42(51)38-22-23-39-43-30-56-45(37-15-11-13-17-55(37)67-56)29-52(43)66-53-33-57-44(28-50(53)64-58(38)59(39)66)36-14-10-12-16-54(36)68-57/h10-23,26-33,64-65H,24-25H2,1-9H3. The van der Waals surface area contributed by atoms with E-state index in [1.54, 1.807) is 0 Å². The molecule has 11 aromatic rings. The van der Waals surface area contributed by atoms with Crippen LogP contribution in [0, 0.1) is 0 Å². The second kappa shape index (κ2) is 13.6. The highest BCUT2D eigenvalue weighted by Gasteiger charge is 2.43. The summed E-state index contributed by atoms with van der Waals surface area (Å²) in [7, 11) is 0.853. The SMILES string of the molecule is CC(C)(C)c1ccc(Nc2cc3c(cc2-c2ccc4c5cc6sc7ccccc7c6cc5n5c4c2Bc2cc4c(cc2-5)sc2ccccc24)-c2cc4c(cc2C3(C)C)C(C)(C)CCC4(C)C)cc1. The van der Waals surface area contributed by atoms with Gasteiger partial charge in [0.15, 0.2) is 7.28 Å². The van der Waals surface area contributed by atoms with Crippen LogP contribution in [-0.4, -0.2) is 11.8 Å². The van der Waals surface area contributed by atoms with Crippen LogP contribution in [0.1, 0.15) is 103 Å². The highest BCUT2D eigenvalue weighted by atomic mass is 32.1. The molecule has 0 spiro atoms. The van der Waals surface area contributed by atoms with Gasteiger partial charge in [0.25, 0.3) is 0 Å². The van der Waals surface area contributed by atoms with Crippen LogP contribution in [0.3, 0.4) is 0 Å². The average molecular weight is 915 g/mol. The highest BCUT2D eigenvalue weighted by Crippen LogP contribution is 2.56. The first kappa shape index (κ1) is 40.9. The summed E-state index contributed by atoms with van der Waals surface area (Å²) < 4.78 is 8.03. The number of hydrogen-bond donors (Lipinski definition) is 1. The van der Waals surface area contributed by atoms with Crippen LogP contribution in [-0.2, 0) is 21.7 Å². The molecule has 0 bridgehead atoms. The second-order valence-electron chi connectivity index (χ2n) is 23.3. The lowest BCUT2D eigenvalue weighted by Gasteiger charge is -2.42. The normalized spacial score (nSPS) is 16.4. The highest BCUT2D eigenvalue weighted by molar-refractivity contribution is 7.26. The first-order chi connectivity index (χ1) is 32.5. The van der Waals surface area contributed by atoms with Crippen LogP contribution < -0.4 is 16.2 Å². The number of thiophene rings is 2. The van der Waals surface area contributed by atoms with Gasteiger partial charge >= 0.3 is 0 Å². The number of hydrogen-bond acceptors (Lipinski definition) is 3. The summed E-state index contributed by atoms with van der Waals surface area (Å²) in [6.07, 6.45) is 2.41. The molecule has 0 amide bonds. The number of rotatable bonds is 3. The molecule has 1 N–H and O–H groups in total. The van der Waals surface area contributed by atoms with E-state index in [0.29, 0.717) is 0 Å². The summed E-state index contributed by atoms with van der Waals surface area (Å²) in [5, 5.41) is 12.1. The van der Waals surface area contributed by atoms with Gasteiger partial charge in [0.05, 0.1) is 5.52 Å². The van der Waals surface area contributed by atoms with Gasteiger partial charge in [-0.05, 0) is 145 Å². The van der Waals surface area contributed by atoms with Gasteiger partial charge in [0.2, 0.25) is 0 Å². The maximum Gasteiger partial charge on any atom is 0.198 e. The van der Waals surface area contributed by atoms with Gasteiger partial charge in [-0.2, -0.15) is 0 Å². The fourth-order valence-electron chi connectivity index (χ4n) is 12.8. The van der Waals surface area contributed by atoms with Crippen LogP contribution in [0.15, 0.2) is 133 Å². The topological polar surface area (TPSA) is 17.0 Å². The van der Waals surface area contributed by atoms with Crippen molar-refractivity contribution in [2.45, 2.75) is 96.8 Å². The van der Waals surface area contributed by atoms with Crippen molar-refractivity contribution in [2.24, 2.45) is 0 Å². The van der Waals surface area contributed by atoms with Gasteiger partial charge in [-0.3, -0.25) is 0 Å². The van der Waals surface area contributed by atoms with E-state index in [1.807, 2.05) is 22.7 Å². The Morgan fingerprint density at radius 3 is 1.82 bits per heavy atom. The van der Waals surface area contributed by atoms with Crippen molar-refractivity contribution in [3.63, 3.8) is 0 Å². The Morgan fingerprint density at radius 1 is 0.515 bits per heavy atom. The summed E-state index contributed by atoms with van der Waals surface area (Å²) in [6, 6.07) is 52.4. The number of nitrogens with one attached hydrogen (secondary N) is 1. The van der Waals surface area contributed by atoms with E-state index >= 15 is 0 Å². The third kappa shape index (κ3) is 5.64. The molecule has 8 aromatic carbocycles. The molecule has 2 aliphatic carbocycles. The molecule has 0 atom stereocenters. The van der Waals surface area contributed by atoms with E-state index in [0.717, 1.165) is 18.7 Å². The van der Waals surface area contributed by atoms with E-state index in [1.165, 1.54) is 142 Å². The molecule has 0 fully saturated rings. The molecular formula is C63H55BN2S2. The van der Waals surface area contributed by atoms with Gasteiger partial charge in [-0.1, -0.05) is 141 Å². The minimum Gasteiger partial charge on any atom is -0.355 e. The molecule has 0 saturated carbocycles. The van der Waals surface area contributed by atoms with E-state index < -0.39 is 0 Å². The van der Waals surface area contributed by atoms with E-state index in [-0.39, 0.29) is 21.7 Å². The molecule has 4 heterocycles. The van der Waals surface area contributed by atoms with E-state index in [9.17, 15) is 0 Å². The van der Waals surface area contributed by atoms with Gasteiger partial charge in [0, 0.05) is 79.3 Å². The molecule has 332 valence electrons. The maximum absolute atomic E-state index is 4.08. The number of aromatic nitrogens is 1. The van der Waals surface area contributed by atoms with E-state index in [2.05, 4.69) is 206 Å². The Balaban J connectivity index is 1.06. The molecule has 3 aromatic heterocycles. The first-order valence-electron chi connectivity index (χ1n) is 24.7. The van der Waals surface area contributed by atoms with E-state index in [4.69, 9.17) is 0 Å². The molecule has 14 rings (SSSR count). The van der Waals surface area contributed by atoms with Crippen molar-refractivity contribution in [2.75, 3.05) is 5.32 Å². The van der Waals surface area contributed by atoms with Crippen molar-refractivity contribution in [1.29, 1.82) is 0 Å². The van der Waals surface area contributed by atoms with Crippen molar-refractivity contribution in [3.8, 4) is 27.9 Å². The quantitative estimate of drug-likeness (QED) is 0.175. The molecule has 5 heteroatoms. The van der Waals surface area contributed by atoms with Gasteiger partial charge < -0.3 is 9.88 Å². The number of anilines is 2. The molecule has 3 aliphatic rings. The smallest absolute Gasteiger partial charge is 0.198 e. The fraction of sp³-hybridized carbons (Fsp3) is 0.238. The van der Waals surface area contributed by atoms with Crippen molar-refractivity contribution < 1.29 is 0 Å². The molecule has 1 aliphatic heterocycles. The fourth-order valence-corrected chi connectivity index (χ4v) is 15.0. The Hall–Kier alpha value is -6.14. The molecule has 0 radical (unpaired) electrons. The zero-order chi connectivity index (χ0) is 46.4. The Morgan fingerprint density at radius 2 is 1.13 bits per heavy atom. The molecular weight excluding hydrogens is 860 g/mol. The average Bonchev–Trinajstić information content (AvgIpc) is 4.02. The van der Waals surface area contributed by atoms with Gasteiger partial charge in [0.1, 0.15) is 0 Å². The van der Waals surface area contributed by atoms with Gasteiger partial charge in [-0.15, -0.1) is 22.7 Å². The largest absolute Gasteiger partial charge is 0.355 e. The van der Waals surface area contributed by atoms with Gasteiger partial charge in [-0.25, -0.2) is 0 Å². The van der Waals surface area contributed by atoms with Crippen molar-refractivity contribution >= 4 is 114 Å². The minimum atomic E-state index is -0.169.